The molecule has 0 aromatic heterocycles. The van der Waals surface area contributed by atoms with Gasteiger partial charge in [0.2, 0.25) is 0 Å². The highest BCUT2D eigenvalue weighted by Gasteiger charge is 2.29. The number of nitrogens with zero attached hydrogens (tertiary/aromatic N) is 2. The van der Waals surface area contributed by atoms with Crippen LogP contribution in [0.1, 0.15) is 55.4 Å². The first-order valence-electron chi connectivity index (χ1n) is 8.25. The fourth-order valence-corrected chi connectivity index (χ4v) is 2.80. The third-order valence-corrected chi connectivity index (χ3v) is 4.62. The lowest BCUT2D eigenvalue weighted by molar-refractivity contribution is 0.0333. The molecule has 1 fully saturated rings. The SMILES string of the molecule is CC(CNC(C)(C)C)C(C)N1CCN(C(C)(C)C)CC1. The minimum Gasteiger partial charge on any atom is -0.312 e. The Labute approximate surface area is 127 Å². The summed E-state index contributed by atoms with van der Waals surface area (Å²) < 4.78 is 0. The van der Waals surface area contributed by atoms with Crippen molar-refractivity contribution in [2.75, 3.05) is 32.7 Å². The van der Waals surface area contributed by atoms with Crippen molar-refractivity contribution in [2.45, 2.75) is 72.5 Å². The van der Waals surface area contributed by atoms with Gasteiger partial charge in [0.25, 0.3) is 0 Å². The molecule has 1 aliphatic rings. The summed E-state index contributed by atoms with van der Waals surface area (Å²) in [5.74, 6) is 0.690. The smallest absolute Gasteiger partial charge is 0.0126 e. The van der Waals surface area contributed by atoms with Crippen LogP contribution in [0, 0.1) is 5.92 Å². The van der Waals surface area contributed by atoms with Crippen LogP contribution in [0.15, 0.2) is 0 Å². The van der Waals surface area contributed by atoms with Gasteiger partial charge in [0, 0.05) is 43.3 Å². The van der Waals surface area contributed by atoms with Crippen LogP contribution >= 0.6 is 0 Å². The lowest BCUT2D eigenvalue weighted by Crippen LogP contribution is -2.56. The van der Waals surface area contributed by atoms with Crippen molar-refractivity contribution in [1.82, 2.24) is 15.1 Å². The monoisotopic (exact) mass is 283 g/mol. The molecule has 1 rings (SSSR count). The molecule has 2 unspecified atom stereocenters. The van der Waals surface area contributed by atoms with Crippen LogP contribution in [0.25, 0.3) is 0 Å². The zero-order valence-electron chi connectivity index (χ0n) is 15.1. The van der Waals surface area contributed by atoms with Crippen LogP contribution in [0.4, 0.5) is 0 Å². The Bertz CT molecular complexity index is 280. The van der Waals surface area contributed by atoms with Crippen LogP contribution in [-0.2, 0) is 0 Å². The second-order valence-electron chi connectivity index (χ2n) is 8.54. The molecule has 0 aromatic carbocycles. The molecule has 0 saturated carbocycles. The summed E-state index contributed by atoms with van der Waals surface area (Å²) in [6.07, 6.45) is 0. The first-order chi connectivity index (χ1) is 9.00. The maximum Gasteiger partial charge on any atom is 0.0126 e. The molecule has 0 radical (unpaired) electrons. The lowest BCUT2D eigenvalue weighted by Gasteiger charge is -2.45. The highest BCUT2D eigenvalue weighted by molar-refractivity contribution is 4.85. The molecule has 120 valence electrons. The summed E-state index contributed by atoms with van der Waals surface area (Å²) >= 11 is 0. The summed E-state index contributed by atoms with van der Waals surface area (Å²) in [5.41, 5.74) is 0.535. The van der Waals surface area contributed by atoms with Crippen LogP contribution in [0.2, 0.25) is 0 Å². The predicted octanol–water partition coefficient (Wildman–Crippen LogP) is 2.82. The normalized spacial score (nSPS) is 22.8. The average Bonchev–Trinajstić information content (AvgIpc) is 2.33. The predicted molar refractivity (Wildman–Crippen MR) is 89.3 cm³/mol. The van der Waals surface area contributed by atoms with Gasteiger partial charge in [-0.1, -0.05) is 6.92 Å². The first kappa shape index (κ1) is 17.9. The van der Waals surface area contributed by atoms with Crippen molar-refractivity contribution in [3.63, 3.8) is 0 Å². The van der Waals surface area contributed by atoms with E-state index >= 15 is 0 Å². The third kappa shape index (κ3) is 5.71. The highest BCUT2D eigenvalue weighted by Crippen LogP contribution is 2.19. The van der Waals surface area contributed by atoms with Gasteiger partial charge in [0.15, 0.2) is 0 Å². The van der Waals surface area contributed by atoms with E-state index < -0.39 is 0 Å². The second kappa shape index (κ2) is 6.76. The second-order valence-corrected chi connectivity index (χ2v) is 8.54. The molecule has 0 aliphatic carbocycles. The number of rotatable bonds is 4. The van der Waals surface area contributed by atoms with E-state index in [1.807, 2.05) is 0 Å². The molecule has 0 bridgehead atoms. The Kier molecular flexibility index (Phi) is 6.06. The summed E-state index contributed by atoms with van der Waals surface area (Å²) in [5, 5.41) is 3.64. The van der Waals surface area contributed by atoms with Gasteiger partial charge in [-0.3, -0.25) is 9.80 Å². The Morgan fingerprint density at radius 1 is 0.900 bits per heavy atom. The van der Waals surface area contributed by atoms with Gasteiger partial charge in [-0.2, -0.15) is 0 Å². The van der Waals surface area contributed by atoms with Crippen molar-refractivity contribution in [2.24, 2.45) is 5.92 Å². The van der Waals surface area contributed by atoms with Crippen LogP contribution < -0.4 is 5.32 Å². The topological polar surface area (TPSA) is 18.5 Å². The molecule has 1 N–H and O–H groups in total. The minimum absolute atomic E-state index is 0.221. The van der Waals surface area contributed by atoms with E-state index in [1.165, 1.54) is 26.2 Å². The molecular weight excluding hydrogens is 246 g/mol. The van der Waals surface area contributed by atoms with E-state index in [-0.39, 0.29) is 5.54 Å². The van der Waals surface area contributed by atoms with Gasteiger partial charge < -0.3 is 5.32 Å². The first-order valence-corrected chi connectivity index (χ1v) is 8.25. The largest absolute Gasteiger partial charge is 0.312 e. The molecule has 1 aliphatic heterocycles. The number of hydrogen-bond donors (Lipinski definition) is 1. The summed E-state index contributed by atoms with van der Waals surface area (Å²) in [7, 11) is 0. The fraction of sp³-hybridized carbons (Fsp3) is 1.00. The number of nitrogens with one attached hydrogen (secondary N) is 1. The van der Waals surface area contributed by atoms with E-state index in [2.05, 4.69) is 70.5 Å². The van der Waals surface area contributed by atoms with Crippen LogP contribution in [-0.4, -0.2) is 59.6 Å². The van der Waals surface area contributed by atoms with E-state index in [1.54, 1.807) is 0 Å². The van der Waals surface area contributed by atoms with E-state index in [0.29, 0.717) is 17.5 Å². The number of hydrogen-bond acceptors (Lipinski definition) is 3. The minimum atomic E-state index is 0.221. The summed E-state index contributed by atoms with van der Waals surface area (Å²) in [4.78, 5) is 5.27. The van der Waals surface area contributed by atoms with Crippen molar-refractivity contribution in [3.8, 4) is 0 Å². The highest BCUT2D eigenvalue weighted by atomic mass is 15.3. The molecular formula is C17H37N3. The van der Waals surface area contributed by atoms with Crippen molar-refractivity contribution in [3.05, 3.63) is 0 Å². The van der Waals surface area contributed by atoms with Gasteiger partial charge in [-0.25, -0.2) is 0 Å². The zero-order valence-corrected chi connectivity index (χ0v) is 15.1. The maximum atomic E-state index is 3.64. The fourth-order valence-electron chi connectivity index (χ4n) is 2.80. The molecule has 2 atom stereocenters. The molecule has 20 heavy (non-hydrogen) atoms. The van der Waals surface area contributed by atoms with E-state index in [9.17, 15) is 0 Å². The summed E-state index contributed by atoms with van der Waals surface area (Å²) in [6.45, 7) is 24.4. The Hall–Kier alpha value is -0.120. The maximum absolute atomic E-state index is 3.64. The molecule has 1 heterocycles. The van der Waals surface area contributed by atoms with E-state index in [4.69, 9.17) is 0 Å². The van der Waals surface area contributed by atoms with Gasteiger partial charge in [0.05, 0.1) is 0 Å². The van der Waals surface area contributed by atoms with Gasteiger partial charge in [-0.05, 0) is 60.9 Å². The van der Waals surface area contributed by atoms with Gasteiger partial charge in [-0.15, -0.1) is 0 Å². The van der Waals surface area contributed by atoms with Crippen molar-refractivity contribution < 1.29 is 0 Å². The molecule has 0 spiro atoms. The van der Waals surface area contributed by atoms with Gasteiger partial charge in [0.1, 0.15) is 0 Å². The molecule has 1 saturated heterocycles. The van der Waals surface area contributed by atoms with Crippen LogP contribution in [0.5, 0.6) is 0 Å². The molecule has 0 amide bonds. The average molecular weight is 284 g/mol. The molecule has 0 aromatic rings. The molecule has 3 heteroatoms. The number of piperazine rings is 1. The Balaban J connectivity index is 2.40. The standard InChI is InChI=1S/C17H37N3/c1-14(13-18-16(3,4)5)15(2)19-9-11-20(12-10-19)17(6,7)8/h14-15,18H,9-13H2,1-8H3. The van der Waals surface area contributed by atoms with E-state index in [0.717, 1.165) is 6.54 Å². The quantitative estimate of drug-likeness (QED) is 0.856. The molecule has 3 nitrogen and oxygen atoms in total. The third-order valence-electron chi connectivity index (χ3n) is 4.62. The zero-order chi connectivity index (χ0) is 15.6. The Morgan fingerprint density at radius 2 is 1.40 bits per heavy atom. The van der Waals surface area contributed by atoms with Gasteiger partial charge >= 0.3 is 0 Å². The lowest BCUT2D eigenvalue weighted by atomic mass is 9.98. The Morgan fingerprint density at radius 3 is 1.80 bits per heavy atom. The van der Waals surface area contributed by atoms with Crippen molar-refractivity contribution in [1.29, 1.82) is 0 Å². The van der Waals surface area contributed by atoms with Crippen molar-refractivity contribution >= 4 is 0 Å². The summed E-state index contributed by atoms with van der Waals surface area (Å²) in [6, 6.07) is 0.659. The van der Waals surface area contributed by atoms with Crippen LogP contribution in [0.3, 0.4) is 0 Å².